The fourth-order valence-electron chi connectivity index (χ4n) is 4.82. The topological polar surface area (TPSA) is 50.9 Å². The Balaban J connectivity index is 1.67. The number of nitrogens with zero attached hydrogens (tertiary/aromatic N) is 4. The first-order valence-electron chi connectivity index (χ1n) is 9.24. The molecule has 2 bridgehead atoms. The van der Waals surface area contributed by atoms with E-state index in [1.54, 1.807) is 6.07 Å². The van der Waals surface area contributed by atoms with Gasteiger partial charge in [0.05, 0.1) is 38.4 Å². The second kappa shape index (κ2) is 6.04. The predicted molar refractivity (Wildman–Crippen MR) is 92.7 cm³/mol. The van der Waals surface area contributed by atoms with Crippen molar-refractivity contribution in [1.29, 1.82) is 0 Å². The molecule has 0 aliphatic carbocycles. The molecule has 0 amide bonds. The van der Waals surface area contributed by atoms with E-state index in [0.29, 0.717) is 12.1 Å². The molecule has 2 aliphatic heterocycles. The molecule has 1 N–H and O–H groups in total. The lowest BCUT2D eigenvalue weighted by Gasteiger charge is -2.44. The number of piperidine rings is 1. The van der Waals surface area contributed by atoms with Crippen LogP contribution >= 0.6 is 0 Å². The SMILES string of the molecule is C[N+]1(C)[C@@H]2CC[C@H]1CC(n1cc(C(O)(c3ccccc3)C(F)(F)F)nn1)C2. The van der Waals surface area contributed by atoms with E-state index in [1.165, 1.54) is 35.1 Å². The van der Waals surface area contributed by atoms with Crippen LogP contribution in [0.2, 0.25) is 0 Å². The zero-order valence-corrected chi connectivity index (χ0v) is 15.4. The maximum absolute atomic E-state index is 13.8. The van der Waals surface area contributed by atoms with Gasteiger partial charge in [-0.15, -0.1) is 5.10 Å². The molecule has 2 aliphatic rings. The first kappa shape index (κ1) is 18.4. The standard InChI is InChI=1S/C19H24F3N4O/c1-26(2)15-8-9-16(26)11-14(10-15)25-12-17(23-24-25)18(27,19(20,21)22)13-6-4-3-5-7-13/h3-7,12,14-16,27H,8-11H2,1-2H3/q+1/t14?,15-,16+,18?. The molecule has 2 aromatic rings. The minimum absolute atomic E-state index is 0.0168. The van der Waals surface area contributed by atoms with Crippen molar-refractivity contribution in [2.24, 2.45) is 0 Å². The Kier molecular flexibility index (Phi) is 4.12. The van der Waals surface area contributed by atoms with Crippen LogP contribution in [0.1, 0.15) is 43.0 Å². The Morgan fingerprint density at radius 3 is 2.22 bits per heavy atom. The lowest BCUT2D eigenvalue weighted by atomic mass is 9.90. The average Bonchev–Trinajstić information content (AvgIpc) is 3.12. The highest BCUT2D eigenvalue weighted by Gasteiger charge is 2.58. The highest BCUT2D eigenvalue weighted by Crippen LogP contribution is 2.46. The maximum Gasteiger partial charge on any atom is 0.427 e. The van der Waals surface area contributed by atoms with Crippen LogP contribution < -0.4 is 0 Å². The largest absolute Gasteiger partial charge is 0.427 e. The Morgan fingerprint density at radius 1 is 1.07 bits per heavy atom. The Morgan fingerprint density at radius 2 is 1.67 bits per heavy atom. The molecule has 5 nitrogen and oxygen atoms in total. The summed E-state index contributed by atoms with van der Waals surface area (Å²) >= 11 is 0. The third-order valence-electron chi connectivity index (χ3n) is 6.66. The van der Waals surface area contributed by atoms with E-state index < -0.39 is 17.5 Å². The van der Waals surface area contributed by atoms with Gasteiger partial charge in [-0.3, -0.25) is 0 Å². The molecule has 2 fully saturated rings. The highest BCUT2D eigenvalue weighted by molar-refractivity contribution is 5.33. The number of aliphatic hydroxyl groups is 1. The summed E-state index contributed by atoms with van der Waals surface area (Å²) in [5, 5.41) is 18.4. The van der Waals surface area contributed by atoms with Gasteiger partial charge in [-0.1, -0.05) is 35.5 Å². The second-order valence-electron chi connectivity index (χ2n) is 8.30. The Labute approximate surface area is 156 Å². The number of hydrogen-bond donors (Lipinski definition) is 1. The third-order valence-corrected chi connectivity index (χ3v) is 6.66. The molecule has 4 rings (SSSR count). The second-order valence-corrected chi connectivity index (χ2v) is 8.30. The van der Waals surface area contributed by atoms with Crippen LogP contribution in [0.5, 0.6) is 0 Å². The number of aromatic nitrogens is 3. The smallest absolute Gasteiger partial charge is 0.371 e. The van der Waals surface area contributed by atoms with E-state index in [-0.39, 0.29) is 11.6 Å². The summed E-state index contributed by atoms with van der Waals surface area (Å²) < 4.78 is 44.0. The van der Waals surface area contributed by atoms with Gasteiger partial charge in [0.1, 0.15) is 5.69 Å². The molecular weight excluding hydrogens is 357 g/mol. The van der Waals surface area contributed by atoms with Crippen LogP contribution in [0.25, 0.3) is 0 Å². The number of rotatable bonds is 3. The van der Waals surface area contributed by atoms with Gasteiger partial charge in [0.2, 0.25) is 5.60 Å². The van der Waals surface area contributed by atoms with Crippen LogP contribution in [0.4, 0.5) is 13.2 Å². The van der Waals surface area contributed by atoms with Gasteiger partial charge in [-0.25, -0.2) is 4.68 Å². The lowest BCUT2D eigenvalue weighted by Crippen LogP contribution is -2.54. The van der Waals surface area contributed by atoms with Crippen molar-refractivity contribution in [3.05, 3.63) is 47.8 Å². The summed E-state index contributed by atoms with van der Waals surface area (Å²) in [7, 11) is 4.45. The highest BCUT2D eigenvalue weighted by atomic mass is 19.4. The van der Waals surface area contributed by atoms with Crippen molar-refractivity contribution in [2.45, 2.75) is 55.6 Å². The van der Waals surface area contributed by atoms with Crippen molar-refractivity contribution in [3.63, 3.8) is 0 Å². The Bertz CT molecular complexity index is 804. The minimum Gasteiger partial charge on any atom is -0.371 e. The molecule has 0 spiro atoms. The number of hydrogen-bond acceptors (Lipinski definition) is 3. The number of fused-ring (bicyclic) bond motifs is 2. The predicted octanol–water partition coefficient (Wildman–Crippen LogP) is 3.02. The summed E-state index contributed by atoms with van der Waals surface area (Å²) in [5.41, 5.74) is -3.91. The van der Waals surface area contributed by atoms with Gasteiger partial charge in [0.25, 0.3) is 0 Å². The van der Waals surface area contributed by atoms with E-state index in [9.17, 15) is 18.3 Å². The fourth-order valence-corrected chi connectivity index (χ4v) is 4.82. The normalized spacial score (nSPS) is 29.5. The number of quaternary nitrogens is 1. The van der Waals surface area contributed by atoms with Crippen LogP contribution in [-0.4, -0.2) is 56.9 Å². The van der Waals surface area contributed by atoms with Crippen LogP contribution in [-0.2, 0) is 5.60 Å². The third kappa shape index (κ3) is 2.77. The first-order chi connectivity index (χ1) is 12.6. The summed E-state index contributed by atoms with van der Waals surface area (Å²) in [5.74, 6) is 0. The molecule has 0 saturated carbocycles. The molecular formula is C19H24F3N4O+. The molecule has 2 saturated heterocycles. The minimum atomic E-state index is -4.90. The van der Waals surface area contributed by atoms with E-state index >= 15 is 0 Å². The van der Waals surface area contributed by atoms with Gasteiger partial charge in [-0.2, -0.15) is 13.2 Å². The summed E-state index contributed by atoms with van der Waals surface area (Å²) in [6.07, 6.45) is 0.359. The van der Waals surface area contributed by atoms with Gasteiger partial charge in [0, 0.05) is 25.7 Å². The molecule has 0 radical (unpaired) electrons. The first-order valence-corrected chi connectivity index (χ1v) is 9.24. The zero-order chi connectivity index (χ0) is 19.4. The summed E-state index contributed by atoms with van der Waals surface area (Å²) in [6.45, 7) is 0. The van der Waals surface area contributed by atoms with E-state index in [4.69, 9.17) is 0 Å². The number of benzene rings is 1. The average molecular weight is 381 g/mol. The zero-order valence-electron chi connectivity index (χ0n) is 15.4. The Hall–Kier alpha value is -1.93. The fraction of sp³-hybridized carbons (Fsp3) is 0.579. The molecule has 2 unspecified atom stereocenters. The number of halogens is 3. The lowest BCUT2D eigenvalue weighted by molar-refractivity contribution is -0.931. The molecule has 146 valence electrons. The van der Waals surface area contributed by atoms with Crippen molar-refractivity contribution in [1.82, 2.24) is 15.0 Å². The molecule has 3 heterocycles. The van der Waals surface area contributed by atoms with Crippen LogP contribution in [0.3, 0.4) is 0 Å². The number of alkyl halides is 3. The molecule has 4 atom stereocenters. The summed E-state index contributed by atoms with van der Waals surface area (Å²) in [6, 6.07) is 8.04. The van der Waals surface area contributed by atoms with Gasteiger partial charge in [0.15, 0.2) is 0 Å². The molecule has 1 aromatic heterocycles. The van der Waals surface area contributed by atoms with Gasteiger partial charge < -0.3 is 9.59 Å². The van der Waals surface area contributed by atoms with Crippen LogP contribution in [0, 0.1) is 0 Å². The van der Waals surface area contributed by atoms with E-state index in [1.807, 2.05) is 0 Å². The van der Waals surface area contributed by atoms with Gasteiger partial charge in [-0.05, 0) is 5.56 Å². The monoisotopic (exact) mass is 381 g/mol. The van der Waals surface area contributed by atoms with E-state index in [2.05, 4.69) is 24.4 Å². The molecule has 27 heavy (non-hydrogen) atoms. The van der Waals surface area contributed by atoms with Crippen molar-refractivity contribution < 1.29 is 22.8 Å². The summed E-state index contributed by atoms with van der Waals surface area (Å²) in [4.78, 5) is 0. The van der Waals surface area contributed by atoms with Crippen molar-refractivity contribution in [3.8, 4) is 0 Å². The molecule has 8 heteroatoms. The quantitative estimate of drug-likeness (QED) is 0.832. The van der Waals surface area contributed by atoms with Crippen molar-refractivity contribution in [2.75, 3.05) is 14.1 Å². The van der Waals surface area contributed by atoms with E-state index in [0.717, 1.165) is 30.2 Å². The van der Waals surface area contributed by atoms with Crippen molar-refractivity contribution >= 4 is 0 Å². The molecule has 1 aromatic carbocycles. The van der Waals surface area contributed by atoms with Crippen LogP contribution in [0.15, 0.2) is 36.5 Å². The van der Waals surface area contributed by atoms with Gasteiger partial charge >= 0.3 is 6.18 Å². The maximum atomic E-state index is 13.8.